The molecule has 0 spiro atoms. The standard InChI is InChI=1S/C25H21FN2O3/c1-15-11-12-20(16(2)13-15)27-23-22(19-9-4-5-10-21(19)31-3)24(29)28(25(23)30)18-8-6-7-17(26)14-18/h4-14,27H,1-3H3. The fraction of sp³-hybridized carbons (Fsp3) is 0.120. The molecule has 4 rings (SSSR count). The number of carbonyl (C=O) groups is 2. The molecule has 1 aliphatic heterocycles. The van der Waals surface area contributed by atoms with E-state index in [0.29, 0.717) is 17.0 Å². The summed E-state index contributed by atoms with van der Waals surface area (Å²) in [6.45, 7) is 3.90. The van der Waals surface area contributed by atoms with Crippen LogP contribution in [0.25, 0.3) is 5.57 Å². The summed E-state index contributed by atoms with van der Waals surface area (Å²) in [4.78, 5) is 27.9. The Balaban J connectivity index is 1.88. The fourth-order valence-electron chi connectivity index (χ4n) is 3.68. The van der Waals surface area contributed by atoms with Crippen molar-refractivity contribution in [3.05, 3.63) is 94.9 Å². The molecule has 0 saturated carbocycles. The molecule has 0 fully saturated rings. The molecule has 0 atom stereocenters. The van der Waals surface area contributed by atoms with Gasteiger partial charge in [0.25, 0.3) is 11.8 Å². The molecular formula is C25H21FN2O3. The van der Waals surface area contributed by atoms with Crippen molar-refractivity contribution in [1.82, 2.24) is 0 Å². The van der Waals surface area contributed by atoms with Crippen molar-refractivity contribution in [2.75, 3.05) is 17.3 Å². The van der Waals surface area contributed by atoms with E-state index >= 15 is 0 Å². The fourth-order valence-corrected chi connectivity index (χ4v) is 3.68. The van der Waals surface area contributed by atoms with E-state index in [1.54, 1.807) is 24.3 Å². The number of imide groups is 1. The van der Waals surface area contributed by atoms with Crippen LogP contribution < -0.4 is 15.0 Å². The lowest BCUT2D eigenvalue weighted by atomic mass is 10.0. The zero-order chi connectivity index (χ0) is 22.1. The van der Waals surface area contributed by atoms with Gasteiger partial charge in [0.2, 0.25) is 0 Å². The van der Waals surface area contributed by atoms with Crippen molar-refractivity contribution in [1.29, 1.82) is 0 Å². The molecule has 31 heavy (non-hydrogen) atoms. The van der Waals surface area contributed by atoms with Gasteiger partial charge in [-0.3, -0.25) is 9.59 Å². The summed E-state index contributed by atoms with van der Waals surface area (Å²) in [7, 11) is 1.50. The van der Waals surface area contributed by atoms with E-state index < -0.39 is 17.6 Å². The number of methoxy groups -OCH3 is 1. The van der Waals surface area contributed by atoms with Crippen molar-refractivity contribution < 1.29 is 18.7 Å². The molecule has 0 bridgehead atoms. The highest BCUT2D eigenvalue weighted by Gasteiger charge is 2.41. The highest BCUT2D eigenvalue weighted by molar-refractivity contribution is 6.46. The molecule has 6 heteroatoms. The second-order valence-electron chi connectivity index (χ2n) is 7.32. The van der Waals surface area contributed by atoms with E-state index in [-0.39, 0.29) is 17.0 Å². The molecule has 156 valence electrons. The molecule has 0 saturated heterocycles. The number of aryl methyl sites for hydroxylation is 2. The van der Waals surface area contributed by atoms with Crippen LogP contribution in [0, 0.1) is 19.7 Å². The lowest BCUT2D eigenvalue weighted by molar-refractivity contribution is -0.120. The Kier molecular flexibility index (Phi) is 5.29. The molecule has 0 unspecified atom stereocenters. The molecule has 1 N–H and O–H groups in total. The van der Waals surface area contributed by atoms with Gasteiger partial charge in [-0.1, -0.05) is 42.0 Å². The van der Waals surface area contributed by atoms with Gasteiger partial charge in [0.15, 0.2) is 0 Å². The monoisotopic (exact) mass is 416 g/mol. The number of nitrogens with zero attached hydrogens (tertiary/aromatic N) is 1. The predicted molar refractivity (Wildman–Crippen MR) is 118 cm³/mol. The van der Waals surface area contributed by atoms with Gasteiger partial charge < -0.3 is 10.1 Å². The van der Waals surface area contributed by atoms with Crippen molar-refractivity contribution in [3.63, 3.8) is 0 Å². The van der Waals surface area contributed by atoms with Crippen LogP contribution in [0.5, 0.6) is 5.75 Å². The molecule has 3 aromatic carbocycles. The van der Waals surface area contributed by atoms with Gasteiger partial charge in [-0.15, -0.1) is 0 Å². The van der Waals surface area contributed by atoms with E-state index in [1.165, 1.54) is 25.3 Å². The number of amides is 2. The number of benzene rings is 3. The van der Waals surface area contributed by atoms with Crippen LogP contribution in [0.2, 0.25) is 0 Å². The molecule has 0 aromatic heterocycles. The second-order valence-corrected chi connectivity index (χ2v) is 7.32. The minimum absolute atomic E-state index is 0.116. The number of rotatable bonds is 5. The van der Waals surface area contributed by atoms with Crippen molar-refractivity contribution in [2.45, 2.75) is 13.8 Å². The van der Waals surface area contributed by atoms with Gasteiger partial charge in [0.1, 0.15) is 17.3 Å². The molecule has 2 amide bonds. The van der Waals surface area contributed by atoms with Crippen LogP contribution in [-0.4, -0.2) is 18.9 Å². The van der Waals surface area contributed by atoms with E-state index in [0.717, 1.165) is 22.1 Å². The number of nitrogens with one attached hydrogen (secondary N) is 1. The van der Waals surface area contributed by atoms with Crippen molar-refractivity contribution in [2.24, 2.45) is 0 Å². The number of para-hydroxylation sites is 1. The summed E-state index contributed by atoms with van der Waals surface area (Å²) in [5, 5.41) is 3.15. The van der Waals surface area contributed by atoms with Gasteiger partial charge in [-0.25, -0.2) is 9.29 Å². The molecule has 5 nitrogen and oxygen atoms in total. The van der Waals surface area contributed by atoms with Gasteiger partial charge in [0.05, 0.1) is 18.4 Å². The van der Waals surface area contributed by atoms with E-state index in [4.69, 9.17) is 4.74 Å². The summed E-state index contributed by atoms with van der Waals surface area (Å²) < 4.78 is 19.3. The lowest BCUT2D eigenvalue weighted by Crippen LogP contribution is -2.32. The Morgan fingerprint density at radius 1 is 0.903 bits per heavy atom. The number of carbonyl (C=O) groups excluding carboxylic acids is 2. The van der Waals surface area contributed by atoms with Gasteiger partial charge in [0, 0.05) is 11.3 Å². The van der Waals surface area contributed by atoms with Crippen LogP contribution >= 0.6 is 0 Å². The number of halogens is 1. The maximum Gasteiger partial charge on any atom is 0.282 e. The van der Waals surface area contributed by atoms with E-state index in [1.807, 2.05) is 32.0 Å². The first-order chi connectivity index (χ1) is 14.9. The van der Waals surface area contributed by atoms with Gasteiger partial charge in [-0.05, 0) is 49.7 Å². The molecule has 3 aromatic rings. The lowest BCUT2D eigenvalue weighted by Gasteiger charge is -2.16. The maximum atomic E-state index is 13.8. The highest BCUT2D eigenvalue weighted by Crippen LogP contribution is 2.37. The van der Waals surface area contributed by atoms with E-state index in [9.17, 15) is 14.0 Å². The predicted octanol–water partition coefficient (Wildman–Crippen LogP) is 4.85. The Morgan fingerprint density at radius 2 is 1.68 bits per heavy atom. The first kappa shape index (κ1) is 20.3. The number of hydrogen-bond donors (Lipinski definition) is 1. The normalized spacial score (nSPS) is 13.7. The summed E-state index contributed by atoms with van der Waals surface area (Å²) in [5.74, 6) is -1.18. The number of anilines is 2. The van der Waals surface area contributed by atoms with Crippen LogP contribution in [0.3, 0.4) is 0 Å². The summed E-state index contributed by atoms with van der Waals surface area (Å²) >= 11 is 0. The van der Waals surface area contributed by atoms with Gasteiger partial charge >= 0.3 is 0 Å². The molecule has 1 heterocycles. The summed E-state index contributed by atoms with van der Waals surface area (Å²) in [6.07, 6.45) is 0. The Hall–Kier alpha value is -3.93. The molecule has 0 radical (unpaired) electrons. The quantitative estimate of drug-likeness (QED) is 0.604. The average molecular weight is 416 g/mol. The number of hydrogen-bond acceptors (Lipinski definition) is 4. The van der Waals surface area contributed by atoms with Crippen LogP contribution in [0.4, 0.5) is 15.8 Å². The zero-order valence-electron chi connectivity index (χ0n) is 17.4. The minimum Gasteiger partial charge on any atom is -0.496 e. The van der Waals surface area contributed by atoms with E-state index in [2.05, 4.69) is 5.32 Å². The average Bonchev–Trinajstić information content (AvgIpc) is 2.99. The van der Waals surface area contributed by atoms with Crippen molar-refractivity contribution in [3.8, 4) is 5.75 Å². The minimum atomic E-state index is -0.559. The van der Waals surface area contributed by atoms with Crippen LogP contribution in [0.15, 0.2) is 72.4 Å². The third kappa shape index (κ3) is 3.68. The highest BCUT2D eigenvalue weighted by atomic mass is 19.1. The summed E-state index contributed by atoms with van der Waals surface area (Å²) in [6, 6.07) is 18.2. The smallest absolute Gasteiger partial charge is 0.282 e. The first-order valence-electron chi connectivity index (χ1n) is 9.77. The molecular weight excluding hydrogens is 395 g/mol. The van der Waals surface area contributed by atoms with Gasteiger partial charge in [-0.2, -0.15) is 0 Å². The van der Waals surface area contributed by atoms with Crippen LogP contribution in [0.1, 0.15) is 16.7 Å². The number of ether oxygens (including phenoxy) is 1. The summed E-state index contributed by atoms with van der Waals surface area (Å²) in [5.41, 5.74) is 3.65. The zero-order valence-corrected chi connectivity index (χ0v) is 17.4. The largest absolute Gasteiger partial charge is 0.496 e. The topological polar surface area (TPSA) is 58.6 Å². The molecule has 0 aliphatic carbocycles. The Morgan fingerprint density at radius 3 is 2.39 bits per heavy atom. The maximum absolute atomic E-state index is 13.8. The molecule has 1 aliphatic rings. The first-order valence-corrected chi connectivity index (χ1v) is 9.77. The second kappa shape index (κ2) is 8.07. The van der Waals surface area contributed by atoms with Crippen LogP contribution in [-0.2, 0) is 9.59 Å². The Labute approximate surface area is 179 Å². The van der Waals surface area contributed by atoms with Crippen molar-refractivity contribution >= 4 is 28.8 Å². The SMILES string of the molecule is COc1ccccc1C1=C(Nc2ccc(C)cc2C)C(=O)N(c2cccc(F)c2)C1=O. The third-order valence-corrected chi connectivity index (χ3v) is 5.17. The third-order valence-electron chi connectivity index (χ3n) is 5.17. The Bertz CT molecular complexity index is 1230.